The molecule has 0 aliphatic carbocycles. The second-order valence-electron chi connectivity index (χ2n) is 10.9. The van der Waals surface area contributed by atoms with Gasteiger partial charge in [0.1, 0.15) is 12.1 Å². The molecule has 1 aromatic rings. The summed E-state index contributed by atoms with van der Waals surface area (Å²) in [7, 11) is 0. The lowest BCUT2D eigenvalue weighted by Gasteiger charge is -2.24. The van der Waals surface area contributed by atoms with E-state index in [0.29, 0.717) is 18.4 Å². The summed E-state index contributed by atoms with van der Waals surface area (Å²) in [6.45, 7) is 14.7. The summed E-state index contributed by atoms with van der Waals surface area (Å²) in [4.78, 5) is 49.2. The molecule has 0 aromatic heterocycles. The van der Waals surface area contributed by atoms with Crippen molar-refractivity contribution in [2.75, 3.05) is 13.2 Å². The molecule has 0 spiro atoms. The molecule has 0 heterocycles. The molecule has 39 heavy (non-hydrogen) atoms. The molecule has 0 radical (unpaired) electrons. The number of unbranched alkanes of at least 4 members (excludes halogenated alkanes) is 1. The molecule has 10 nitrogen and oxygen atoms in total. The van der Waals surface area contributed by atoms with Crippen molar-refractivity contribution in [1.29, 1.82) is 0 Å². The summed E-state index contributed by atoms with van der Waals surface area (Å²) in [5, 5.41) is 12.6. The smallest absolute Gasteiger partial charge is 0.480 e. The van der Waals surface area contributed by atoms with E-state index in [1.165, 1.54) is 12.1 Å². The number of hydrogen-bond acceptors (Lipinski definition) is 9. The topological polar surface area (TPSA) is 137 Å². The lowest BCUT2D eigenvalue weighted by atomic mass is 9.90. The van der Waals surface area contributed by atoms with E-state index in [0.717, 1.165) is 12.8 Å². The van der Waals surface area contributed by atoms with Crippen LogP contribution < -0.4 is 14.8 Å². The maximum absolute atomic E-state index is 12.8. The molecule has 10 heteroatoms. The summed E-state index contributed by atoms with van der Waals surface area (Å²) in [5.41, 5.74) is -0.990. The first-order valence-electron chi connectivity index (χ1n) is 13.5. The van der Waals surface area contributed by atoms with E-state index in [2.05, 4.69) is 5.32 Å². The van der Waals surface area contributed by atoms with E-state index in [1.807, 2.05) is 20.8 Å². The van der Waals surface area contributed by atoms with Crippen LogP contribution in [0.15, 0.2) is 18.2 Å². The number of carbonyl (C=O) groups is 4. The van der Waals surface area contributed by atoms with Crippen LogP contribution in [0.3, 0.4) is 0 Å². The highest BCUT2D eigenvalue weighted by Gasteiger charge is 2.32. The number of benzene rings is 1. The highest BCUT2D eigenvalue weighted by Crippen LogP contribution is 2.34. The van der Waals surface area contributed by atoms with Crippen molar-refractivity contribution in [2.24, 2.45) is 10.8 Å². The van der Waals surface area contributed by atoms with Crippen LogP contribution in [-0.4, -0.2) is 54.5 Å². The lowest BCUT2D eigenvalue weighted by molar-refractivity contribution is -0.147. The molecule has 0 aliphatic rings. The first kappa shape index (κ1) is 33.9. The number of carboxylic acid groups (broad SMARTS) is 1. The second-order valence-corrected chi connectivity index (χ2v) is 10.9. The van der Waals surface area contributed by atoms with Gasteiger partial charge in [0, 0.05) is 6.54 Å². The largest absolute Gasteiger partial charge is 0.508 e. The Morgan fingerprint density at radius 3 is 2.00 bits per heavy atom. The standard InChI is InChI=1S/C29H45NO9/c1-9-12-15-36-27(35)37-19(4)18-30-21(24(31)32)16-20-13-14-22(38-25(33)28(5,6)10-2)23(17-20)39-26(34)29(7,8)11-3/h13-14,17,19,21,30H,9-12,15-16,18H2,1-8H3,(H,31,32)/t19?,21-/m0/s1. The van der Waals surface area contributed by atoms with Crippen LogP contribution in [0.1, 0.15) is 86.6 Å². The van der Waals surface area contributed by atoms with Crippen LogP contribution in [0.25, 0.3) is 0 Å². The third kappa shape index (κ3) is 11.2. The Morgan fingerprint density at radius 2 is 1.49 bits per heavy atom. The molecular formula is C29H45NO9. The van der Waals surface area contributed by atoms with Crippen LogP contribution in [0.2, 0.25) is 0 Å². The molecule has 0 bridgehead atoms. The van der Waals surface area contributed by atoms with Crippen LogP contribution in [-0.2, 0) is 30.3 Å². The highest BCUT2D eigenvalue weighted by molar-refractivity contribution is 5.81. The van der Waals surface area contributed by atoms with Gasteiger partial charge in [-0.15, -0.1) is 0 Å². The Balaban J connectivity index is 3.08. The van der Waals surface area contributed by atoms with E-state index >= 15 is 0 Å². The maximum atomic E-state index is 12.8. The van der Waals surface area contributed by atoms with Crippen molar-refractivity contribution >= 4 is 24.1 Å². The monoisotopic (exact) mass is 551 g/mol. The van der Waals surface area contributed by atoms with Crippen LogP contribution in [0.4, 0.5) is 4.79 Å². The molecule has 2 atom stereocenters. The van der Waals surface area contributed by atoms with Gasteiger partial charge >= 0.3 is 24.1 Å². The molecule has 0 aliphatic heterocycles. The van der Waals surface area contributed by atoms with E-state index < -0.39 is 47.0 Å². The number of esters is 2. The predicted octanol–water partition coefficient (Wildman–Crippen LogP) is 5.30. The Bertz CT molecular complexity index is 987. The molecule has 0 saturated carbocycles. The second kappa shape index (κ2) is 15.5. The van der Waals surface area contributed by atoms with E-state index in [9.17, 15) is 24.3 Å². The van der Waals surface area contributed by atoms with Gasteiger partial charge in [-0.2, -0.15) is 0 Å². The Hall–Kier alpha value is -3.14. The van der Waals surface area contributed by atoms with Gasteiger partial charge in [0.05, 0.1) is 17.4 Å². The lowest BCUT2D eigenvalue weighted by Crippen LogP contribution is -2.42. The zero-order chi connectivity index (χ0) is 29.8. The van der Waals surface area contributed by atoms with E-state index in [4.69, 9.17) is 18.9 Å². The molecule has 2 N–H and O–H groups in total. The molecule has 1 aromatic carbocycles. The first-order valence-corrected chi connectivity index (χ1v) is 13.5. The van der Waals surface area contributed by atoms with Crippen LogP contribution in [0, 0.1) is 10.8 Å². The minimum atomic E-state index is -1.11. The van der Waals surface area contributed by atoms with Gasteiger partial charge in [0.15, 0.2) is 11.5 Å². The van der Waals surface area contributed by atoms with Gasteiger partial charge in [0.25, 0.3) is 0 Å². The third-order valence-corrected chi connectivity index (χ3v) is 6.69. The number of ether oxygens (including phenoxy) is 4. The third-order valence-electron chi connectivity index (χ3n) is 6.69. The average molecular weight is 552 g/mol. The van der Waals surface area contributed by atoms with Crippen molar-refractivity contribution in [3.8, 4) is 11.5 Å². The first-order chi connectivity index (χ1) is 18.2. The fourth-order valence-electron chi connectivity index (χ4n) is 2.94. The quantitative estimate of drug-likeness (QED) is 0.158. The van der Waals surface area contributed by atoms with Gasteiger partial charge < -0.3 is 29.4 Å². The van der Waals surface area contributed by atoms with Crippen molar-refractivity contribution in [3.05, 3.63) is 23.8 Å². The fraction of sp³-hybridized carbons (Fsp3) is 0.655. The van der Waals surface area contributed by atoms with Crippen molar-refractivity contribution in [2.45, 2.75) is 99.6 Å². The van der Waals surface area contributed by atoms with Crippen LogP contribution in [0.5, 0.6) is 11.5 Å². The Kier molecular flexibility index (Phi) is 13.4. The Morgan fingerprint density at radius 1 is 0.923 bits per heavy atom. The van der Waals surface area contributed by atoms with E-state index in [-0.39, 0.29) is 31.1 Å². The summed E-state index contributed by atoms with van der Waals surface area (Å²) in [6.07, 6.45) is 1.28. The van der Waals surface area contributed by atoms with Gasteiger partial charge in [-0.25, -0.2) is 4.79 Å². The maximum Gasteiger partial charge on any atom is 0.508 e. The van der Waals surface area contributed by atoms with Crippen molar-refractivity contribution in [3.63, 3.8) is 0 Å². The molecule has 1 rings (SSSR count). The number of hydrogen-bond donors (Lipinski definition) is 2. The number of aliphatic carboxylic acids is 1. The molecule has 220 valence electrons. The minimum Gasteiger partial charge on any atom is -0.480 e. The highest BCUT2D eigenvalue weighted by atomic mass is 16.7. The summed E-state index contributed by atoms with van der Waals surface area (Å²) in [6, 6.07) is 3.59. The summed E-state index contributed by atoms with van der Waals surface area (Å²) in [5.74, 6) is -1.97. The SMILES string of the molecule is CCCCOC(=O)OC(C)CN[C@@H](Cc1ccc(OC(=O)C(C)(C)CC)c(OC(=O)C(C)(C)CC)c1)C(=O)O. The average Bonchev–Trinajstić information content (AvgIpc) is 2.87. The predicted molar refractivity (Wildman–Crippen MR) is 146 cm³/mol. The van der Waals surface area contributed by atoms with Gasteiger partial charge in [0.2, 0.25) is 0 Å². The van der Waals surface area contributed by atoms with Crippen molar-refractivity contribution < 1.29 is 43.2 Å². The number of carbonyl (C=O) groups excluding carboxylic acids is 3. The minimum absolute atomic E-state index is 0.0272. The molecule has 1 unspecified atom stereocenters. The molecule has 0 amide bonds. The van der Waals surface area contributed by atoms with Crippen molar-refractivity contribution in [1.82, 2.24) is 5.32 Å². The fourth-order valence-corrected chi connectivity index (χ4v) is 2.94. The summed E-state index contributed by atoms with van der Waals surface area (Å²) >= 11 is 0. The van der Waals surface area contributed by atoms with Gasteiger partial charge in [-0.3, -0.25) is 14.4 Å². The van der Waals surface area contributed by atoms with Gasteiger partial charge in [-0.05, 0) is 78.0 Å². The van der Waals surface area contributed by atoms with Gasteiger partial charge in [-0.1, -0.05) is 33.3 Å². The Labute approximate surface area is 231 Å². The molecule has 0 saturated heterocycles. The van der Waals surface area contributed by atoms with E-state index in [1.54, 1.807) is 40.7 Å². The zero-order valence-corrected chi connectivity index (χ0v) is 24.5. The molecule has 0 fully saturated rings. The van der Waals surface area contributed by atoms with Crippen LogP contribution >= 0.6 is 0 Å². The summed E-state index contributed by atoms with van der Waals surface area (Å²) < 4.78 is 21.4. The normalized spacial score (nSPS) is 13.2. The number of carboxylic acids is 1. The number of nitrogens with one attached hydrogen (secondary N) is 1. The number of rotatable bonds is 16. The zero-order valence-electron chi connectivity index (χ0n) is 24.5. The molecular weight excluding hydrogens is 506 g/mol.